The number of imidazole rings is 1. The van der Waals surface area contributed by atoms with Gasteiger partial charge in [0, 0.05) is 20.1 Å². The standard InChI is InChI=1S/C17H23N5O5/c1-20-15-14(16(25)21(2)17(20)26)22(10-18-15)8-13(24)27-9-12(23)19-11-6-4-3-5-7-11/h10-11H,3-9H2,1-2H3,(H,19,23). The Bertz CT molecular complexity index is 980. The maximum absolute atomic E-state index is 12.3. The number of nitrogens with zero attached hydrogens (tertiary/aromatic N) is 4. The minimum Gasteiger partial charge on any atom is -0.454 e. The number of carbonyl (C=O) groups is 2. The van der Waals surface area contributed by atoms with Gasteiger partial charge in [0.05, 0.1) is 6.33 Å². The van der Waals surface area contributed by atoms with Gasteiger partial charge in [-0.25, -0.2) is 9.78 Å². The summed E-state index contributed by atoms with van der Waals surface area (Å²) in [5.74, 6) is -0.993. The van der Waals surface area contributed by atoms with Crippen LogP contribution in [0.15, 0.2) is 15.9 Å². The lowest BCUT2D eigenvalue weighted by atomic mass is 9.95. The molecule has 1 saturated carbocycles. The molecule has 1 aliphatic rings. The van der Waals surface area contributed by atoms with E-state index in [9.17, 15) is 19.2 Å². The van der Waals surface area contributed by atoms with Crippen LogP contribution in [-0.2, 0) is 35.0 Å². The number of aromatic nitrogens is 4. The number of esters is 1. The molecule has 3 rings (SSSR count). The fourth-order valence-electron chi connectivity index (χ4n) is 3.36. The minimum atomic E-state index is -0.663. The second-order valence-electron chi connectivity index (χ2n) is 6.81. The molecule has 1 fully saturated rings. The smallest absolute Gasteiger partial charge is 0.332 e. The second-order valence-corrected chi connectivity index (χ2v) is 6.81. The van der Waals surface area contributed by atoms with Gasteiger partial charge in [0.15, 0.2) is 17.8 Å². The molecule has 0 aliphatic heterocycles. The van der Waals surface area contributed by atoms with E-state index < -0.39 is 17.2 Å². The normalized spacial score (nSPS) is 15.0. The first-order valence-electron chi connectivity index (χ1n) is 8.94. The van der Waals surface area contributed by atoms with Gasteiger partial charge in [0.25, 0.3) is 11.5 Å². The zero-order valence-electron chi connectivity index (χ0n) is 15.4. The fourth-order valence-corrected chi connectivity index (χ4v) is 3.36. The van der Waals surface area contributed by atoms with Crippen LogP contribution in [-0.4, -0.2) is 43.2 Å². The van der Waals surface area contributed by atoms with Crippen LogP contribution in [0.4, 0.5) is 0 Å². The van der Waals surface area contributed by atoms with Gasteiger partial charge in [-0.15, -0.1) is 0 Å². The first-order valence-corrected chi connectivity index (χ1v) is 8.94. The molecule has 0 atom stereocenters. The Balaban J connectivity index is 1.64. The first kappa shape index (κ1) is 18.9. The Hall–Kier alpha value is -2.91. The van der Waals surface area contributed by atoms with Crippen LogP contribution in [0, 0.1) is 0 Å². The monoisotopic (exact) mass is 377 g/mol. The molecule has 2 aromatic heterocycles. The number of hydrogen-bond donors (Lipinski definition) is 1. The molecule has 1 aliphatic carbocycles. The highest BCUT2D eigenvalue weighted by atomic mass is 16.5. The zero-order valence-corrected chi connectivity index (χ0v) is 15.4. The van der Waals surface area contributed by atoms with E-state index in [1.54, 1.807) is 0 Å². The molecule has 146 valence electrons. The predicted molar refractivity (Wildman–Crippen MR) is 96.2 cm³/mol. The third-order valence-corrected chi connectivity index (χ3v) is 4.85. The van der Waals surface area contributed by atoms with Gasteiger partial charge in [-0.2, -0.15) is 0 Å². The quantitative estimate of drug-likeness (QED) is 0.697. The Morgan fingerprint density at radius 3 is 2.59 bits per heavy atom. The average molecular weight is 377 g/mol. The molecular formula is C17H23N5O5. The Morgan fingerprint density at radius 1 is 1.19 bits per heavy atom. The highest BCUT2D eigenvalue weighted by Crippen LogP contribution is 2.17. The average Bonchev–Trinajstić information content (AvgIpc) is 3.07. The summed E-state index contributed by atoms with van der Waals surface area (Å²) in [4.78, 5) is 52.3. The molecule has 0 spiro atoms. The summed E-state index contributed by atoms with van der Waals surface area (Å²) in [6.07, 6.45) is 6.57. The number of fused-ring (bicyclic) bond motifs is 1. The summed E-state index contributed by atoms with van der Waals surface area (Å²) in [6.45, 7) is -0.640. The van der Waals surface area contributed by atoms with Gasteiger partial charge in [-0.3, -0.25) is 23.5 Å². The second kappa shape index (κ2) is 7.77. The molecular weight excluding hydrogens is 354 g/mol. The van der Waals surface area contributed by atoms with Crippen LogP contribution in [0.2, 0.25) is 0 Å². The van der Waals surface area contributed by atoms with Crippen molar-refractivity contribution in [2.24, 2.45) is 14.1 Å². The number of carbonyl (C=O) groups excluding carboxylic acids is 2. The number of rotatable bonds is 5. The van der Waals surface area contributed by atoms with Gasteiger partial charge in [0.2, 0.25) is 0 Å². The molecule has 0 radical (unpaired) electrons. The van der Waals surface area contributed by atoms with Crippen LogP contribution in [0.25, 0.3) is 11.2 Å². The lowest BCUT2D eigenvalue weighted by Gasteiger charge is -2.22. The maximum atomic E-state index is 12.3. The summed E-state index contributed by atoms with van der Waals surface area (Å²) < 4.78 is 8.51. The van der Waals surface area contributed by atoms with Crippen molar-refractivity contribution >= 4 is 23.0 Å². The fraction of sp³-hybridized carbons (Fsp3) is 0.588. The summed E-state index contributed by atoms with van der Waals surface area (Å²) in [5.41, 5.74) is -0.734. The van der Waals surface area contributed by atoms with E-state index in [1.807, 2.05) is 0 Å². The van der Waals surface area contributed by atoms with Gasteiger partial charge >= 0.3 is 11.7 Å². The summed E-state index contributed by atoms with van der Waals surface area (Å²) in [5, 5.41) is 2.87. The van der Waals surface area contributed by atoms with Gasteiger partial charge in [-0.1, -0.05) is 19.3 Å². The lowest BCUT2D eigenvalue weighted by Crippen LogP contribution is -2.39. The number of aryl methyl sites for hydroxylation is 1. The Labute approximate surface area is 154 Å². The summed E-state index contributed by atoms with van der Waals surface area (Å²) in [7, 11) is 2.85. The third-order valence-electron chi connectivity index (χ3n) is 4.85. The molecule has 0 aromatic carbocycles. The molecule has 1 amide bonds. The number of ether oxygens (including phenoxy) is 1. The van der Waals surface area contributed by atoms with Crippen molar-refractivity contribution in [2.75, 3.05) is 6.61 Å². The van der Waals surface area contributed by atoms with E-state index in [0.717, 1.165) is 30.3 Å². The van der Waals surface area contributed by atoms with Crippen molar-refractivity contribution < 1.29 is 14.3 Å². The van der Waals surface area contributed by atoms with Gasteiger partial charge < -0.3 is 14.6 Å². The van der Waals surface area contributed by atoms with Crippen LogP contribution in [0.3, 0.4) is 0 Å². The highest BCUT2D eigenvalue weighted by molar-refractivity contribution is 5.81. The van der Waals surface area contributed by atoms with Crippen molar-refractivity contribution in [1.29, 1.82) is 0 Å². The zero-order chi connectivity index (χ0) is 19.6. The van der Waals surface area contributed by atoms with Crippen LogP contribution in [0.5, 0.6) is 0 Å². The molecule has 27 heavy (non-hydrogen) atoms. The minimum absolute atomic E-state index is 0.128. The van der Waals surface area contributed by atoms with E-state index in [1.165, 1.54) is 36.0 Å². The van der Waals surface area contributed by atoms with E-state index in [0.29, 0.717) is 0 Å². The molecule has 10 heteroatoms. The number of amides is 1. The molecule has 2 heterocycles. The Kier molecular flexibility index (Phi) is 5.43. The molecule has 10 nitrogen and oxygen atoms in total. The van der Waals surface area contributed by atoms with E-state index >= 15 is 0 Å². The molecule has 1 N–H and O–H groups in total. The number of nitrogens with one attached hydrogen (secondary N) is 1. The largest absolute Gasteiger partial charge is 0.454 e. The van der Waals surface area contributed by atoms with Gasteiger partial charge in [-0.05, 0) is 12.8 Å². The lowest BCUT2D eigenvalue weighted by molar-refractivity contribution is -0.149. The van der Waals surface area contributed by atoms with E-state index in [2.05, 4.69) is 10.3 Å². The summed E-state index contributed by atoms with van der Waals surface area (Å²) >= 11 is 0. The van der Waals surface area contributed by atoms with Crippen molar-refractivity contribution in [3.63, 3.8) is 0 Å². The van der Waals surface area contributed by atoms with Gasteiger partial charge in [0.1, 0.15) is 6.54 Å². The van der Waals surface area contributed by atoms with Crippen LogP contribution < -0.4 is 16.6 Å². The van der Waals surface area contributed by atoms with Crippen LogP contribution >= 0.6 is 0 Å². The van der Waals surface area contributed by atoms with Crippen molar-refractivity contribution in [3.05, 3.63) is 27.2 Å². The van der Waals surface area contributed by atoms with Crippen molar-refractivity contribution in [3.8, 4) is 0 Å². The highest BCUT2D eigenvalue weighted by Gasteiger charge is 2.19. The maximum Gasteiger partial charge on any atom is 0.332 e. The van der Waals surface area contributed by atoms with Crippen LogP contribution in [0.1, 0.15) is 32.1 Å². The third kappa shape index (κ3) is 3.93. The molecule has 2 aromatic rings. The first-order chi connectivity index (χ1) is 12.9. The van der Waals surface area contributed by atoms with Crippen molar-refractivity contribution in [2.45, 2.75) is 44.7 Å². The van der Waals surface area contributed by atoms with E-state index in [4.69, 9.17) is 4.74 Å². The molecule has 0 unspecified atom stereocenters. The van der Waals surface area contributed by atoms with Crippen molar-refractivity contribution in [1.82, 2.24) is 24.0 Å². The Morgan fingerprint density at radius 2 is 1.89 bits per heavy atom. The molecule has 0 saturated heterocycles. The topological polar surface area (TPSA) is 117 Å². The summed E-state index contributed by atoms with van der Waals surface area (Å²) in [6, 6.07) is 0.145. The van der Waals surface area contributed by atoms with E-state index in [-0.39, 0.29) is 36.3 Å². The molecule has 0 bridgehead atoms. The number of hydrogen-bond acceptors (Lipinski definition) is 6. The predicted octanol–water partition coefficient (Wildman–Crippen LogP) is -0.574. The SMILES string of the molecule is Cn1c(=O)c2c(ncn2CC(=O)OCC(=O)NC2CCCCC2)n(C)c1=O.